The molecule has 0 radical (unpaired) electrons. The molecule has 0 aliphatic rings. The molecule has 0 saturated carbocycles. The Hall–Kier alpha value is -5.02. The summed E-state index contributed by atoms with van der Waals surface area (Å²) in [6, 6.07) is 54.2. The van der Waals surface area contributed by atoms with Crippen molar-refractivity contribution in [2.75, 3.05) is 0 Å². The first kappa shape index (κ1) is 24.4. The highest BCUT2D eigenvalue weighted by Crippen LogP contribution is 2.47. The van der Waals surface area contributed by atoms with Crippen molar-refractivity contribution in [1.29, 1.82) is 0 Å². The third-order valence-electron chi connectivity index (χ3n) is 9.24. The minimum absolute atomic E-state index is 1.27. The van der Waals surface area contributed by atoms with E-state index in [1.54, 1.807) is 0 Å². The molecule has 2 aromatic heterocycles. The van der Waals surface area contributed by atoms with E-state index < -0.39 is 0 Å². The van der Waals surface area contributed by atoms with Crippen LogP contribution in [0.15, 0.2) is 146 Å². The average Bonchev–Trinajstić information content (AvgIpc) is 3.63. The predicted molar refractivity (Wildman–Crippen MR) is 196 cm³/mol. The number of hydrogen-bond donors (Lipinski definition) is 0. The molecule has 0 amide bonds. The monoisotopic (exact) mass is 592 g/mol. The third-order valence-corrected chi connectivity index (χ3v) is 11.5. The molecule has 0 unspecified atom stereocenters. The Morgan fingerprint density at radius 3 is 1.48 bits per heavy atom. The van der Waals surface area contributed by atoms with E-state index in [-0.39, 0.29) is 0 Å². The zero-order valence-corrected chi connectivity index (χ0v) is 25.3. The molecule has 8 aromatic carbocycles. The SMILES string of the molecule is c1cc(-c2c3ccccc3c(-c3ccc4sc5ccccc5c4c3)c3ccccc23)c2cc3sc4ccccc4c3cc2c1. The molecular weight excluding hydrogens is 569 g/mol. The third kappa shape index (κ3) is 3.44. The van der Waals surface area contributed by atoms with Crippen molar-refractivity contribution < 1.29 is 0 Å². The maximum Gasteiger partial charge on any atom is 0.0362 e. The summed E-state index contributed by atoms with van der Waals surface area (Å²) in [6.45, 7) is 0. The van der Waals surface area contributed by atoms with Gasteiger partial charge in [-0.2, -0.15) is 0 Å². The molecule has 0 atom stereocenters. The van der Waals surface area contributed by atoms with Crippen LogP contribution in [0.1, 0.15) is 0 Å². The van der Waals surface area contributed by atoms with E-state index in [9.17, 15) is 0 Å². The van der Waals surface area contributed by atoms with Gasteiger partial charge < -0.3 is 0 Å². The molecule has 0 saturated heterocycles. The summed E-state index contributed by atoms with van der Waals surface area (Å²) in [7, 11) is 0. The molecule has 10 rings (SSSR count). The maximum atomic E-state index is 2.43. The summed E-state index contributed by atoms with van der Waals surface area (Å²) in [5, 5.41) is 13.1. The van der Waals surface area contributed by atoms with Crippen molar-refractivity contribution in [3.05, 3.63) is 146 Å². The fourth-order valence-electron chi connectivity index (χ4n) is 7.33. The summed E-state index contributed by atoms with van der Waals surface area (Å²) in [5.74, 6) is 0. The van der Waals surface area contributed by atoms with Crippen LogP contribution in [-0.4, -0.2) is 0 Å². The molecule has 0 nitrogen and oxygen atoms in total. The van der Waals surface area contributed by atoms with E-state index >= 15 is 0 Å². The van der Waals surface area contributed by atoms with Crippen molar-refractivity contribution in [1.82, 2.24) is 0 Å². The molecule has 204 valence electrons. The zero-order valence-electron chi connectivity index (χ0n) is 23.7. The molecule has 2 heterocycles. The fourth-order valence-corrected chi connectivity index (χ4v) is 9.54. The van der Waals surface area contributed by atoms with Crippen LogP contribution in [0, 0.1) is 0 Å². The molecule has 0 aliphatic carbocycles. The second-order valence-electron chi connectivity index (χ2n) is 11.6. The molecule has 0 bridgehead atoms. The van der Waals surface area contributed by atoms with Gasteiger partial charge in [-0.3, -0.25) is 0 Å². The number of benzene rings is 8. The topological polar surface area (TPSA) is 0 Å². The van der Waals surface area contributed by atoms with Crippen molar-refractivity contribution in [2.45, 2.75) is 0 Å². The lowest BCUT2D eigenvalue weighted by Gasteiger charge is -2.19. The largest absolute Gasteiger partial charge is 0.135 e. The van der Waals surface area contributed by atoms with Gasteiger partial charge in [0, 0.05) is 40.3 Å². The lowest BCUT2D eigenvalue weighted by molar-refractivity contribution is 1.70. The molecule has 0 fully saturated rings. The van der Waals surface area contributed by atoms with E-state index in [4.69, 9.17) is 0 Å². The smallest absolute Gasteiger partial charge is 0.0362 e. The van der Waals surface area contributed by atoms with Gasteiger partial charge in [-0.1, -0.05) is 109 Å². The summed E-state index contributed by atoms with van der Waals surface area (Å²) >= 11 is 3.77. The first-order valence-electron chi connectivity index (χ1n) is 15.0. The second-order valence-corrected chi connectivity index (χ2v) is 13.8. The number of thiophene rings is 2. The number of rotatable bonds is 2. The molecule has 2 heteroatoms. The summed E-state index contributed by atoms with van der Waals surface area (Å²) in [6.07, 6.45) is 0. The van der Waals surface area contributed by atoms with Crippen LogP contribution in [0.2, 0.25) is 0 Å². The van der Waals surface area contributed by atoms with Crippen molar-refractivity contribution in [2.24, 2.45) is 0 Å². The lowest BCUT2D eigenvalue weighted by atomic mass is 9.84. The standard InChI is InChI=1S/C42H24S2/c1-3-15-31-29(13-1)41(26-20-21-39-35(23-26)27-11-5-7-18-37(27)43-39)30-14-2-4-16-32(30)42(31)33-17-9-10-25-22-36-28-12-6-8-19-38(28)44-40(36)24-34(25)33/h1-24H. The van der Waals surface area contributed by atoms with Gasteiger partial charge in [-0.15, -0.1) is 22.7 Å². The van der Waals surface area contributed by atoms with E-state index in [1.807, 2.05) is 22.7 Å². The average molecular weight is 593 g/mol. The fraction of sp³-hybridized carbons (Fsp3) is 0. The van der Waals surface area contributed by atoms with Crippen LogP contribution in [0.4, 0.5) is 0 Å². The number of hydrogen-bond acceptors (Lipinski definition) is 2. The predicted octanol–water partition coefficient (Wildman–Crippen LogP) is 13.2. The van der Waals surface area contributed by atoms with Gasteiger partial charge >= 0.3 is 0 Å². The minimum atomic E-state index is 1.27. The Kier molecular flexibility index (Phi) is 5.13. The first-order chi connectivity index (χ1) is 21.8. The molecule has 0 spiro atoms. The molecule has 10 aromatic rings. The Morgan fingerprint density at radius 2 is 0.818 bits per heavy atom. The Labute approximate surface area is 262 Å². The highest BCUT2D eigenvalue weighted by molar-refractivity contribution is 7.26. The van der Waals surface area contributed by atoms with Crippen molar-refractivity contribution >= 4 is 95.3 Å². The maximum absolute atomic E-state index is 2.43. The summed E-state index contributed by atoms with van der Waals surface area (Å²) in [4.78, 5) is 0. The van der Waals surface area contributed by atoms with Gasteiger partial charge in [0.05, 0.1) is 0 Å². The van der Waals surface area contributed by atoms with Crippen LogP contribution < -0.4 is 0 Å². The number of fused-ring (bicyclic) bond motifs is 9. The Bertz CT molecular complexity index is 2720. The van der Waals surface area contributed by atoms with Gasteiger partial charge in [0.25, 0.3) is 0 Å². The van der Waals surface area contributed by atoms with Crippen LogP contribution in [0.3, 0.4) is 0 Å². The van der Waals surface area contributed by atoms with Crippen molar-refractivity contribution in [3.63, 3.8) is 0 Å². The van der Waals surface area contributed by atoms with Gasteiger partial charge in [0.1, 0.15) is 0 Å². The van der Waals surface area contributed by atoms with Crippen molar-refractivity contribution in [3.8, 4) is 22.3 Å². The van der Waals surface area contributed by atoms with E-state index in [1.165, 1.54) is 94.9 Å². The normalized spacial score (nSPS) is 12.1. The molecule has 44 heavy (non-hydrogen) atoms. The van der Waals surface area contributed by atoms with Gasteiger partial charge in [0.15, 0.2) is 0 Å². The lowest BCUT2D eigenvalue weighted by Crippen LogP contribution is -1.91. The highest BCUT2D eigenvalue weighted by Gasteiger charge is 2.19. The van der Waals surface area contributed by atoms with Crippen LogP contribution in [0.5, 0.6) is 0 Å². The molecule has 0 N–H and O–H groups in total. The quantitative estimate of drug-likeness (QED) is 0.175. The summed E-state index contributed by atoms with van der Waals surface area (Å²) in [5.41, 5.74) is 5.18. The van der Waals surface area contributed by atoms with Crippen LogP contribution >= 0.6 is 22.7 Å². The molecule has 0 aliphatic heterocycles. The Morgan fingerprint density at radius 1 is 0.295 bits per heavy atom. The van der Waals surface area contributed by atoms with Gasteiger partial charge in [0.2, 0.25) is 0 Å². The highest BCUT2D eigenvalue weighted by atomic mass is 32.1. The van der Waals surface area contributed by atoms with Gasteiger partial charge in [-0.25, -0.2) is 0 Å². The minimum Gasteiger partial charge on any atom is -0.135 e. The van der Waals surface area contributed by atoms with Crippen LogP contribution in [0.25, 0.3) is 94.9 Å². The van der Waals surface area contributed by atoms with E-state index in [2.05, 4.69) is 146 Å². The summed E-state index contributed by atoms with van der Waals surface area (Å²) < 4.78 is 5.36. The first-order valence-corrected chi connectivity index (χ1v) is 16.6. The molecular formula is C42H24S2. The zero-order chi connectivity index (χ0) is 28.8. The van der Waals surface area contributed by atoms with Gasteiger partial charge in [-0.05, 0) is 91.0 Å². The van der Waals surface area contributed by atoms with Crippen LogP contribution in [-0.2, 0) is 0 Å². The van der Waals surface area contributed by atoms with E-state index in [0.29, 0.717) is 0 Å². The Balaban J connectivity index is 1.31. The van der Waals surface area contributed by atoms with E-state index in [0.717, 1.165) is 0 Å². The second kappa shape index (κ2) is 9.24.